The van der Waals surface area contributed by atoms with Crippen LogP contribution in [0.3, 0.4) is 0 Å². The molecule has 1 aromatic carbocycles. The van der Waals surface area contributed by atoms with Crippen LogP contribution >= 0.6 is 0 Å². The first-order valence-electron chi connectivity index (χ1n) is 6.82. The first kappa shape index (κ1) is 12.4. The first-order valence-corrected chi connectivity index (χ1v) is 6.82. The zero-order chi connectivity index (χ0) is 11.9. The average molecular weight is 233 g/mol. The molecule has 1 aliphatic rings. The van der Waals surface area contributed by atoms with E-state index in [0.29, 0.717) is 0 Å². The van der Waals surface area contributed by atoms with Crippen molar-refractivity contribution in [1.29, 1.82) is 0 Å². The molecular weight excluding hydrogens is 210 g/mol. The van der Waals surface area contributed by atoms with E-state index in [-0.39, 0.29) is 0 Å². The van der Waals surface area contributed by atoms with E-state index in [2.05, 4.69) is 36.1 Å². The average Bonchev–Trinajstić information content (AvgIpc) is 2.39. The summed E-state index contributed by atoms with van der Waals surface area (Å²) in [5, 5.41) is 0. The van der Waals surface area contributed by atoms with Gasteiger partial charge in [0.15, 0.2) is 0 Å². The van der Waals surface area contributed by atoms with Crippen LogP contribution in [0, 0.1) is 0 Å². The Hall–Kier alpha value is -1.02. The standard InChI is InChI=1S/C15H23NO/c1-2-12-17-15-8-6-14(7-9-15)13-16-10-4-3-5-11-16/h6-9H,2-5,10-13H2,1H3. The van der Waals surface area contributed by atoms with E-state index in [9.17, 15) is 0 Å². The van der Waals surface area contributed by atoms with Crippen LogP contribution in [0.4, 0.5) is 0 Å². The summed E-state index contributed by atoms with van der Waals surface area (Å²) in [5.74, 6) is 0.995. The Morgan fingerprint density at radius 3 is 2.41 bits per heavy atom. The SMILES string of the molecule is CCCOc1ccc(CN2CCCCC2)cc1. The molecule has 0 bridgehead atoms. The molecule has 0 atom stereocenters. The fourth-order valence-electron chi connectivity index (χ4n) is 2.29. The summed E-state index contributed by atoms with van der Waals surface area (Å²) in [7, 11) is 0. The number of hydrogen-bond acceptors (Lipinski definition) is 2. The molecular formula is C15H23NO. The molecule has 0 aliphatic carbocycles. The van der Waals surface area contributed by atoms with E-state index < -0.39 is 0 Å². The second-order valence-corrected chi connectivity index (χ2v) is 4.83. The molecule has 1 heterocycles. The second-order valence-electron chi connectivity index (χ2n) is 4.83. The van der Waals surface area contributed by atoms with Gasteiger partial charge in [-0.2, -0.15) is 0 Å². The van der Waals surface area contributed by atoms with Crippen LogP contribution in [-0.2, 0) is 6.54 Å². The third-order valence-electron chi connectivity index (χ3n) is 3.25. The topological polar surface area (TPSA) is 12.5 Å². The van der Waals surface area contributed by atoms with Gasteiger partial charge in [0.05, 0.1) is 6.61 Å². The van der Waals surface area contributed by atoms with Gasteiger partial charge in [0.2, 0.25) is 0 Å². The number of benzene rings is 1. The molecule has 1 fully saturated rings. The Balaban J connectivity index is 1.84. The Bertz CT molecular complexity index is 314. The molecule has 0 saturated carbocycles. The summed E-state index contributed by atoms with van der Waals surface area (Å²) in [6, 6.07) is 8.57. The van der Waals surface area contributed by atoms with Crippen molar-refractivity contribution in [2.24, 2.45) is 0 Å². The number of piperidine rings is 1. The van der Waals surface area contributed by atoms with Crippen molar-refractivity contribution in [2.75, 3.05) is 19.7 Å². The predicted octanol–water partition coefficient (Wildman–Crippen LogP) is 3.46. The summed E-state index contributed by atoms with van der Waals surface area (Å²) in [6.45, 7) is 6.55. The Labute approximate surface area is 105 Å². The van der Waals surface area contributed by atoms with E-state index in [1.165, 1.54) is 37.9 Å². The molecule has 0 amide bonds. The van der Waals surface area contributed by atoms with Crippen molar-refractivity contribution >= 4 is 0 Å². The second kappa shape index (κ2) is 6.65. The van der Waals surface area contributed by atoms with Gasteiger partial charge in [0.1, 0.15) is 5.75 Å². The Kier molecular flexibility index (Phi) is 4.87. The Morgan fingerprint density at radius 1 is 1.06 bits per heavy atom. The number of rotatable bonds is 5. The van der Waals surface area contributed by atoms with E-state index >= 15 is 0 Å². The summed E-state index contributed by atoms with van der Waals surface area (Å²) in [6.07, 6.45) is 5.19. The predicted molar refractivity (Wildman–Crippen MR) is 71.4 cm³/mol. The van der Waals surface area contributed by atoms with Gasteiger partial charge in [-0.1, -0.05) is 25.5 Å². The van der Waals surface area contributed by atoms with Crippen molar-refractivity contribution < 1.29 is 4.74 Å². The largest absolute Gasteiger partial charge is 0.494 e. The van der Waals surface area contributed by atoms with Crippen LogP contribution in [0.2, 0.25) is 0 Å². The summed E-state index contributed by atoms with van der Waals surface area (Å²) in [5.41, 5.74) is 1.40. The van der Waals surface area contributed by atoms with E-state index in [1.807, 2.05) is 0 Å². The van der Waals surface area contributed by atoms with Crippen LogP contribution in [0.15, 0.2) is 24.3 Å². The molecule has 0 aromatic heterocycles. The minimum Gasteiger partial charge on any atom is -0.494 e. The van der Waals surface area contributed by atoms with E-state index in [0.717, 1.165) is 25.3 Å². The van der Waals surface area contributed by atoms with Crippen molar-refractivity contribution in [3.05, 3.63) is 29.8 Å². The number of ether oxygens (including phenoxy) is 1. The lowest BCUT2D eigenvalue weighted by molar-refractivity contribution is 0.221. The highest BCUT2D eigenvalue weighted by molar-refractivity contribution is 5.27. The first-order chi connectivity index (χ1) is 8.38. The van der Waals surface area contributed by atoms with Gasteiger partial charge in [0, 0.05) is 6.54 Å². The summed E-state index contributed by atoms with van der Waals surface area (Å²) < 4.78 is 5.59. The number of nitrogens with zero attached hydrogens (tertiary/aromatic N) is 1. The van der Waals surface area contributed by atoms with Crippen LogP contribution in [-0.4, -0.2) is 24.6 Å². The summed E-state index contributed by atoms with van der Waals surface area (Å²) in [4.78, 5) is 2.55. The Morgan fingerprint density at radius 2 is 1.76 bits per heavy atom. The minimum absolute atomic E-state index is 0.811. The number of likely N-dealkylation sites (tertiary alicyclic amines) is 1. The fraction of sp³-hybridized carbons (Fsp3) is 0.600. The van der Waals surface area contributed by atoms with Gasteiger partial charge in [-0.05, 0) is 50.0 Å². The van der Waals surface area contributed by atoms with Gasteiger partial charge in [-0.3, -0.25) is 4.90 Å². The number of hydrogen-bond donors (Lipinski definition) is 0. The molecule has 1 saturated heterocycles. The highest BCUT2D eigenvalue weighted by Gasteiger charge is 2.10. The molecule has 1 aliphatic heterocycles. The van der Waals surface area contributed by atoms with Crippen molar-refractivity contribution in [3.8, 4) is 5.75 Å². The molecule has 0 spiro atoms. The van der Waals surface area contributed by atoms with Gasteiger partial charge in [0.25, 0.3) is 0 Å². The highest BCUT2D eigenvalue weighted by atomic mass is 16.5. The minimum atomic E-state index is 0.811. The monoisotopic (exact) mass is 233 g/mol. The molecule has 17 heavy (non-hydrogen) atoms. The molecule has 94 valence electrons. The lowest BCUT2D eigenvalue weighted by Gasteiger charge is -2.26. The van der Waals surface area contributed by atoms with Gasteiger partial charge < -0.3 is 4.74 Å². The molecule has 0 radical (unpaired) electrons. The molecule has 0 unspecified atom stereocenters. The van der Waals surface area contributed by atoms with Gasteiger partial charge in [-0.15, -0.1) is 0 Å². The maximum absolute atomic E-state index is 5.59. The van der Waals surface area contributed by atoms with E-state index in [1.54, 1.807) is 0 Å². The highest BCUT2D eigenvalue weighted by Crippen LogP contribution is 2.16. The maximum Gasteiger partial charge on any atom is 0.119 e. The third kappa shape index (κ3) is 4.04. The van der Waals surface area contributed by atoms with Crippen molar-refractivity contribution in [2.45, 2.75) is 39.2 Å². The maximum atomic E-state index is 5.59. The lowest BCUT2D eigenvalue weighted by atomic mass is 10.1. The third-order valence-corrected chi connectivity index (χ3v) is 3.25. The van der Waals surface area contributed by atoms with Crippen LogP contribution < -0.4 is 4.74 Å². The quantitative estimate of drug-likeness (QED) is 0.772. The van der Waals surface area contributed by atoms with E-state index in [4.69, 9.17) is 4.74 Å². The lowest BCUT2D eigenvalue weighted by Crippen LogP contribution is -2.28. The molecule has 2 rings (SSSR count). The van der Waals surface area contributed by atoms with Crippen LogP contribution in [0.1, 0.15) is 38.2 Å². The molecule has 2 nitrogen and oxygen atoms in total. The normalized spacial score (nSPS) is 17.0. The fourth-order valence-corrected chi connectivity index (χ4v) is 2.29. The zero-order valence-electron chi connectivity index (χ0n) is 10.8. The van der Waals surface area contributed by atoms with Crippen LogP contribution in [0.5, 0.6) is 5.75 Å². The van der Waals surface area contributed by atoms with Gasteiger partial charge >= 0.3 is 0 Å². The smallest absolute Gasteiger partial charge is 0.119 e. The van der Waals surface area contributed by atoms with Crippen molar-refractivity contribution in [3.63, 3.8) is 0 Å². The summed E-state index contributed by atoms with van der Waals surface area (Å²) >= 11 is 0. The van der Waals surface area contributed by atoms with Crippen LogP contribution in [0.25, 0.3) is 0 Å². The molecule has 1 aromatic rings. The molecule has 2 heteroatoms. The zero-order valence-corrected chi connectivity index (χ0v) is 10.8. The van der Waals surface area contributed by atoms with Crippen molar-refractivity contribution in [1.82, 2.24) is 4.90 Å². The van der Waals surface area contributed by atoms with Gasteiger partial charge in [-0.25, -0.2) is 0 Å². The molecule has 0 N–H and O–H groups in total.